The highest BCUT2D eigenvalue weighted by atomic mass is 16.5. The molecule has 2 aliphatic heterocycles. The summed E-state index contributed by atoms with van der Waals surface area (Å²) in [5, 5.41) is 13.7. The number of rotatable bonds is 2. The van der Waals surface area contributed by atoms with Crippen LogP contribution in [-0.4, -0.2) is 41.7 Å². The van der Waals surface area contributed by atoms with Crippen LogP contribution in [0.2, 0.25) is 0 Å². The molecule has 5 nitrogen and oxygen atoms in total. The second kappa shape index (κ2) is 6.84. The van der Waals surface area contributed by atoms with E-state index in [4.69, 9.17) is 4.74 Å². The molecule has 0 radical (unpaired) electrons. The molecule has 5 heteroatoms. The van der Waals surface area contributed by atoms with Gasteiger partial charge in [0.25, 0.3) is 0 Å². The van der Waals surface area contributed by atoms with Crippen molar-refractivity contribution < 1.29 is 14.6 Å². The topological polar surface area (TPSA) is 61.8 Å². The van der Waals surface area contributed by atoms with Crippen molar-refractivity contribution in [3.8, 4) is 22.6 Å². The number of aromatic hydroxyl groups is 1. The molecule has 4 rings (SSSR count). The van der Waals surface area contributed by atoms with Crippen LogP contribution in [0.3, 0.4) is 0 Å². The van der Waals surface area contributed by atoms with Gasteiger partial charge in [0.1, 0.15) is 12.6 Å². The monoisotopic (exact) mass is 350 g/mol. The minimum atomic E-state index is -0.273. The lowest BCUT2D eigenvalue weighted by Crippen LogP contribution is -2.44. The maximum Gasteiger partial charge on any atom is 0.244 e. The summed E-state index contributed by atoms with van der Waals surface area (Å²) in [5.41, 5.74) is 3.95. The number of phenols is 1. The SMILES string of the molecule is Cc1ccccc1-c1cc(O)c2c(c1)CN(C(=O)[C@@H]1C=CCN1)CCO2. The third kappa shape index (κ3) is 3.06. The summed E-state index contributed by atoms with van der Waals surface area (Å²) >= 11 is 0. The maximum atomic E-state index is 12.8. The number of nitrogens with zero attached hydrogens (tertiary/aromatic N) is 1. The van der Waals surface area contributed by atoms with Gasteiger partial charge in [0.05, 0.1) is 6.54 Å². The van der Waals surface area contributed by atoms with Crippen LogP contribution in [-0.2, 0) is 11.3 Å². The molecule has 0 saturated heterocycles. The molecule has 134 valence electrons. The van der Waals surface area contributed by atoms with Crippen LogP contribution >= 0.6 is 0 Å². The fourth-order valence-electron chi connectivity index (χ4n) is 3.57. The number of aryl methyl sites for hydroxylation is 1. The summed E-state index contributed by atoms with van der Waals surface area (Å²) in [4.78, 5) is 14.5. The molecular weight excluding hydrogens is 328 g/mol. The Bertz CT molecular complexity index is 876. The zero-order valence-electron chi connectivity index (χ0n) is 14.7. The first kappa shape index (κ1) is 16.7. The van der Waals surface area contributed by atoms with Crippen molar-refractivity contribution in [2.24, 2.45) is 0 Å². The fourth-order valence-corrected chi connectivity index (χ4v) is 3.57. The van der Waals surface area contributed by atoms with Crippen LogP contribution in [0.15, 0.2) is 48.6 Å². The lowest BCUT2D eigenvalue weighted by atomic mass is 9.97. The number of carbonyl (C=O) groups is 1. The van der Waals surface area contributed by atoms with Crippen LogP contribution in [0.5, 0.6) is 11.5 Å². The maximum absolute atomic E-state index is 12.8. The first-order chi connectivity index (χ1) is 12.6. The van der Waals surface area contributed by atoms with E-state index in [2.05, 4.69) is 5.32 Å². The Hall–Kier alpha value is -2.79. The Kier molecular flexibility index (Phi) is 4.39. The smallest absolute Gasteiger partial charge is 0.244 e. The average molecular weight is 350 g/mol. The minimum absolute atomic E-state index is 0.0379. The first-order valence-electron chi connectivity index (χ1n) is 8.87. The summed E-state index contributed by atoms with van der Waals surface area (Å²) < 4.78 is 5.76. The largest absolute Gasteiger partial charge is 0.504 e. The molecule has 0 unspecified atom stereocenters. The summed E-state index contributed by atoms with van der Waals surface area (Å²) in [6, 6.07) is 11.5. The number of benzene rings is 2. The zero-order valence-corrected chi connectivity index (χ0v) is 14.7. The van der Waals surface area contributed by atoms with Gasteiger partial charge in [0.2, 0.25) is 5.91 Å². The molecule has 2 heterocycles. The minimum Gasteiger partial charge on any atom is -0.504 e. The molecule has 0 fully saturated rings. The van der Waals surface area contributed by atoms with Gasteiger partial charge in [-0.05, 0) is 35.7 Å². The quantitative estimate of drug-likeness (QED) is 0.818. The number of fused-ring (bicyclic) bond motifs is 1. The van der Waals surface area contributed by atoms with Crippen molar-refractivity contribution in [1.82, 2.24) is 10.2 Å². The number of phenolic OH excluding ortho intramolecular Hbond substituents is 1. The van der Waals surface area contributed by atoms with Crippen molar-refractivity contribution >= 4 is 5.91 Å². The average Bonchev–Trinajstić information content (AvgIpc) is 3.08. The van der Waals surface area contributed by atoms with Gasteiger partial charge < -0.3 is 14.7 Å². The van der Waals surface area contributed by atoms with Crippen LogP contribution in [0, 0.1) is 6.92 Å². The summed E-state index contributed by atoms with van der Waals surface area (Å²) in [7, 11) is 0. The van der Waals surface area contributed by atoms with E-state index in [1.807, 2.05) is 49.4 Å². The van der Waals surface area contributed by atoms with Crippen molar-refractivity contribution in [2.45, 2.75) is 19.5 Å². The molecule has 2 N–H and O–H groups in total. The van der Waals surface area contributed by atoms with Crippen LogP contribution in [0.25, 0.3) is 11.1 Å². The van der Waals surface area contributed by atoms with Crippen molar-refractivity contribution in [3.05, 3.63) is 59.7 Å². The second-order valence-corrected chi connectivity index (χ2v) is 6.72. The number of carbonyl (C=O) groups excluding carboxylic acids is 1. The molecule has 0 aromatic heterocycles. The Morgan fingerprint density at radius 3 is 2.92 bits per heavy atom. The number of ether oxygens (including phenoxy) is 1. The number of hydrogen-bond donors (Lipinski definition) is 2. The van der Waals surface area contributed by atoms with E-state index in [1.54, 1.807) is 11.0 Å². The predicted octanol–water partition coefficient (Wildman–Crippen LogP) is 2.62. The van der Waals surface area contributed by atoms with Gasteiger partial charge in [-0.25, -0.2) is 0 Å². The zero-order chi connectivity index (χ0) is 18.1. The molecule has 0 spiro atoms. The molecule has 0 bridgehead atoms. The van der Waals surface area contributed by atoms with E-state index < -0.39 is 0 Å². The van der Waals surface area contributed by atoms with Gasteiger partial charge in [0.15, 0.2) is 11.5 Å². The van der Waals surface area contributed by atoms with Gasteiger partial charge in [-0.15, -0.1) is 0 Å². The van der Waals surface area contributed by atoms with Gasteiger partial charge >= 0.3 is 0 Å². The van der Waals surface area contributed by atoms with Crippen LogP contribution in [0.4, 0.5) is 0 Å². The van der Waals surface area contributed by atoms with Crippen molar-refractivity contribution in [2.75, 3.05) is 19.7 Å². The van der Waals surface area contributed by atoms with E-state index in [1.165, 1.54) is 0 Å². The Morgan fingerprint density at radius 1 is 1.31 bits per heavy atom. The summed E-state index contributed by atoms with van der Waals surface area (Å²) in [6.07, 6.45) is 3.86. The summed E-state index contributed by atoms with van der Waals surface area (Å²) in [5.74, 6) is 0.637. The second-order valence-electron chi connectivity index (χ2n) is 6.72. The summed E-state index contributed by atoms with van der Waals surface area (Å²) in [6.45, 7) is 4.05. The molecular formula is C21H22N2O3. The Balaban J connectivity index is 1.69. The molecule has 2 aliphatic rings. The Morgan fingerprint density at radius 2 is 2.15 bits per heavy atom. The molecule has 0 saturated carbocycles. The highest BCUT2D eigenvalue weighted by Crippen LogP contribution is 2.38. The third-order valence-electron chi connectivity index (χ3n) is 4.93. The number of amides is 1. The molecule has 26 heavy (non-hydrogen) atoms. The lowest BCUT2D eigenvalue weighted by Gasteiger charge is -2.23. The van der Waals surface area contributed by atoms with Crippen molar-refractivity contribution in [1.29, 1.82) is 0 Å². The molecule has 2 aromatic carbocycles. The van der Waals surface area contributed by atoms with E-state index in [-0.39, 0.29) is 17.7 Å². The molecule has 1 amide bonds. The first-order valence-corrected chi connectivity index (χ1v) is 8.87. The van der Waals surface area contributed by atoms with Crippen molar-refractivity contribution in [3.63, 3.8) is 0 Å². The van der Waals surface area contributed by atoms with Crippen LogP contribution in [0.1, 0.15) is 11.1 Å². The highest BCUT2D eigenvalue weighted by Gasteiger charge is 2.27. The van der Waals surface area contributed by atoms with E-state index in [0.717, 1.165) is 28.8 Å². The molecule has 0 aliphatic carbocycles. The number of hydrogen-bond acceptors (Lipinski definition) is 4. The van der Waals surface area contributed by atoms with E-state index in [0.29, 0.717) is 25.4 Å². The lowest BCUT2D eigenvalue weighted by molar-refractivity contribution is -0.132. The third-order valence-corrected chi connectivity index (χ3v) is 4.93. The molecule has 1 atom stereocenters. The number of nitrogens with one attached hydrogen (secondary N) is 1. The normalized spacial score (nSPS) is 19.0. The fraction of sp³-hybridized carbons (Fsp3) is 0.286. The van der Waals surface area contributed by atoms with Gasteiger partial charge in [-0.2, -0.15) is 0 Å². The molecule has 2 aromatic rings. The van der Waals surface area contributed by atoms with E-state index in [9.17, 15) is 9.90 Å². The van der Waals surface area contributed by atoms with Gasteiger partial charge in [-0.3, -0.25) is 10.1 Å². The van der Waals surface area contributed by atoms with Crippen LogP contribution < -0.4 is 10.1 Å². The highest BCUT2D eigenvalue weighted by molar-refractivity contribution is 5.84. The van der Waals surface area contributed by atoms with Gasteiger partial charge in [-0.1, -0.05) is 36.4 Å². The van der Waals surface area contributed by atoms with E-state index >= 15 is 0 Å². The Labute approximate surface area is 152 Å². The standard InChI is InChI=1S/C21H22N2O3/c1-14-5-2-3-6-17(14)15-11-16-13-23(21(25)18-7-4-8-22-18)9-10-26-20(16)19(24)12-15/h2-7,11-12,18,22,24H,8-10,13H2,1H3/t18-/m0/s1. The van der Waals surface area contributed by atoms with Gasteiger partial charge in [0, 0.05) is 18.7 Å². The predicted molar refractivity (Wildman–Crippen MR) is 100 cm³/mol.